The van der Waals surface area contributed by atoms with Crippen LogP contribution in [-0.4, -0.2) is 34.0 Å². The van der Waals surface area contributed by atoms with Crippen molar-refractivity contribution in [2.24, 2.45) is 5.73 Å². The number of carbonyl (C=O) groups excluding carboxylic acids is 1. The monoisotopic (exact) mass is 518 g/mol. The Kier molecular flexibility index (Phi) is 10.8. The van der Waals surface area contributed by atoms with Crippen LogP contribution in [0.3, 0.4) is 0 Å². The lowest BCUT2D eigenvalue weighted by Gasteiger charge is -2.24. The number of carbonyl (C=O) groups is 1. The topological polar surface area (TPSA) is 73.6 Å². The number of benzene rings is 3. The fourth-order valence-corrected chi connectivity index (χ4v) is 4.25. The number of aldehydes is 1. The summed E-state index contributed by atoms with van der Waals surface area (Å²) in [4.78, 5) is 11.7. The Labute approximate surface area is 216 Å². The van der Waals surface area contributed by atoms with E-state index in [4.69, 9.17) is 21.1 Å². The second-order valence-electron chi connectivity index (χ2n) is 8.21. The third-order valence-electron chi connectivity index (χ3n) is 5.50. The summed E-state index contributed by atoms with van der Waals surface area (Å²) in [6.45, 7) is 4.09. The molecule has 0 saturated carbocycles. The Morgan fingerprint density at radius 3 is 2.36 bits per heavy atom. The zero-order valence-corrected chi connectivity index (χ0v) is 22.0. The predicted molar refractivity (Wildman–Crippen MR) is 141 cm³/mol. The van der Waals surface area contributed by atoms with E-state index in [0.717, 1.165) is 5.56 Å². The van der Waals surface area contributed by atoms with Crippen molar-refractivity contribution in [2.75, 3.05) is 27.7 Å². The Morgan fingerprint density at radius 1 is 1.14 bits per heavy atom. The minimum Gasteiger partial charge on any atom is -0.491 e. The van der Waals surface area contributed by atoms with Gasteiger partial charge in [-0.05, 0) is 52.2 Å². The van der Waals surface area contributed by atoms with Gasteiger partial charge in [0, 0.05) is 34.7 Å². The number of ether oxygens (including phenoxy) is 2. The largest absolute Gasteiger partial charge is 0.491 e. The second kappa shape index (κ2) is 13.3. The normalized spacial score (nSPS) is 15.5. The van der Waals surface area contributed by atoms with E-state index in [1.54, 1.807) is 0 Å². The molecule has 1 aliphatic rings. The molecule has 1 atom stereocenters. The van der Waals surface area contributed by atoms with Gasteiger partial charge in [0.25, 0.3) is 0 Å². The predicted octanol–water partition coefficient (Wildman–Crippen LogP) is 6.15. The average Bonchev–Trinajstić information content (AvgIpc) is 3.23. The number of nitrogens with one attached hydrogen (secondary N) is 1. The Hall–Kier alpha value is -3.00. The maximum Gasteiger partial charge on any atom is 0.173 e. The molecule has 4 rings (SSSR count). The highest BCUT2D eigenvalue weighted by Gasteiger charge is 2.40. The molecule has 8 heteroatoms. The fourth-order valence-electron chi connectivity index (χ4n) is 3.98. The molecular formula is C28H33ClF2N2O3. The summed E-state index contributed by atoms with van der Waals surface area (Å²) in [5.41, 5.74) is 5.26. The average molecular weight is 519 g/mol. The first kappa shape index (κ1) is 29.2. The lowest BCUT2D eigenvalue weighted by Crippen LogP contribution is -2.26. The van der Waals surface area contributed by atoms with E-state index >= 15 is 4.39 Å². The van der Waals surface area contributed by atoms with E-state index in [1.807, 2.05) is 58.3 Å². The van der Waals surface area contributed by atoms with Crippen molar-refractivity contribution in [1.82, 2.24) is 5.32 Å². The molecule has 0 saturated heterocycles. The van der Waals surface area contributed by atoms with E-state index < -0.39 is 17.2 Å². The molecule has 1 aliphatic heterocycles. The maximum atomic E-state index is 15.5. The van der Waals surface area contributed by atoms with Gasteiger partial charge in [0.2, 0.25) is 0 Å². The van der Waals surface area contributed by atoms with E-state index in [1.165, 1.54) is 25.2 Å². The van der Waals surface area contributed by atoms with Gasteiger partial charge in [-0.15, -0.1) is 0 Å². The molecule has 5 nitrogen and oxygen atoms in total. The number of hydrogen-bond acceptors (Lipinski definition) is 5. The molecule has 0 amide bonds. The Morgan fingerprint density at radius 2 is 1.78 bits per heavy atom. The molecule has 0 aliphatic carbocycles. The summed E-state index contributed by atoms with van der Waals surface area (Å²) in [7, 11) is 5.25. The zero-order valence-electron chi connectivity index (χ0n) is 21.3. The zero-order chi connectivity index (χ0) is 26.9. The van der Waals surface area contributed by atoms with Gasteiger partial charge in [0.05, 0.1) is 11.6 Å². The summed E-state index contributed by atoms with van der Waals surface area (Å²) in [5.74, 6) is -1.23. The van der Waals surface area contributed by atoms with E-state index in [2.05, 4.69) is 11.1 Å². The Bertz CT molecular complexity index is 1180. The van der Waals surface area contributed by atoms with Gasteiger partial charge in [0.1, 0.15) is 17.2 Å². The molecular weight excluding hydrogens is 486 g/mol. The molecule has 0 unspecified atom stereocenters. The van der Waals surface area contributed by atoms with Gasteiger partial charge in [-0.25, -0.2) is 8.78 Å². The summed E-state index contributed by atoms with van der Waals surface area (Å²) >= 11 is 6.35. The van der Waals surface area contributed by atoms with Crippen molar-refractivity contribution in [3.05, 3.63) is 81.9 Å². The number of hydrogen-bond donors (Lipinski definition) is 2. The van der Waals surface area contributed by atoms with Gasteiger partial charge in [-0.3, -0.25) is 4.79 Å². The molecule has 0 spiro atoms. The molecule has 0 bridgehead atoms. The van der Waals surface area contributed by atoms with Crippen LogP contribution in [0.4, 0.5) is 8.78 Å². The van der Waals surface area contributed by atoms with E-state index in [0.29, 0.717) is 31.3 Å². The van der Waals surface area contributed by atoms with Gasteiger partial charge in [0.15, 0.2) is 17.9 Å². The molecule has 0 fully saturated rings. The van der Waals surface area contributed by atoms with Crippen LogP contribution in [0.1, 0.15) is 41.8 Å². The van der Waals surface area contributed by atoms with E-state index in [9.17, 15) is 9.18 Å². The van der Waals surface area contributed by atoms with Crippen LogP contribution in [0.5, 0.6) is 11.5 Å². The van der Waals surface area contributed by atoms with Crippen LogP contribution in [-0.2, 0) is 12.0 Å². The summed E-state index contributed by atoms with van der Waals surface area (Å²) in [6.07, 6.45) is 1.55. The van der Waals surface area contributed by atoms with Crippen molar-refractivity contribution < 1.29 is 23.0 Å². The number of rotatable bonds is 6. The number of fused-ring (bicyclic) bond motifs is 1. The van der Waals surface area contributed by atoms with Gasteiger partial charge < -0.3 is 20.5 Å². The van der Waals surface area contributed by atoms with Crippen molar-refractivity contribution in [3.8, 4) is 22.6 Å². The van der Waals surface area contributed by atoms with Crippen LogP contribution in [0.15, 0.2) is 48.5 Å². The molecule has 1 heterocycles. The molecule has 36 heavy (non-hydrogen) atoms. The van der Waals surface area contributed by atoms with Crippen molar-refractivity contribution in [2.45, 2.75) is 32.3 Å². The first-order valence-electron chi connectivity index (χ1n) is 11.6. The molecule has 3 N–H and O–H groups in total. The first-order chi connectivity index (χ1) is 17.3. The highest BCUT2D eigenvalue weighted by molar-refractivity contribution is 6.34. The van der Waals surface area contributed by atoms with Crippen molar-refractivity contribution in [3.63, 3.8) is 0 Å². The standard InChI is InChI=1S/C25H21ClF2O3.C2H7N.CH5N/c1-3-11-30-19-10-9-15(14-29)21(24(19)28)22-17-13-25(2,16-7-5-4-6-8-16)31-20(17)12-18(27)23(22)26;1-3-2;1-2/h4-10,12,14H,3,11,13H2,1-2H3;3H,1-2H3;2H2,1H3/t25-;;/m0../s1. The summed E-state index contributed by atoms with van der Waals surface area (Å²) in [6, 6.07) is 13.6. The summed E-state index contributed by atoms with van der Waals surface area (Å²) in [5, 5.41) is 2.49. The molecule has 194 valence electrons. The van der Waals surface area contributed by atoms with Crippen LogP contribution < -0.4 is 20.5 Å². The smallest absolute Gasteiger partial charge is 0.173 e. The summed E-state index contributed by atoms with van der Waals surface area (Å²) < 4.78 is 41.9. The minimum atomic E-state index is -0.788. The van der Waals surface area contributed by atoms with Crippen molar-refractivity contribution in [1.29, 1.82) is 0 Å². The van der Waals surface area contributed by atoms with Crippen LogP contribution in [0, 0.1) is 11.6 Å². The quantitative estimate of drug-likeness (QED) is 0.383. The molecule has 0 aromatic heterocycles. The van der Waals surface area contributed by atoms with Crippen LogP contribution in [0.2, 0.25) is 5.02 Å². The third kappa shape index (κ3) is 6.03. The minimum absolute atomic E-state index is 0.0127. The molecule has 3 aromatic carbocycles. The van der Waals surface area contributed by atoms with Gasteiger partial charge in [-0.1, -0.05) is 48.9 Å². The van der Waals surface area contributed by atoms with E-state index in [-0.39, 0.29) is 33.2 Å². The lowest BCUT2D eigenvalue weighted by molar-refractivity contribution is 0.112. The number of nitrogens with two attached hydrogens (primary N) is 1. The highest BCUT2D eigenvalue weighted by atomic mass is 35.5. The van der Waals surface area contributed by atoms with Crippen LogP contribution >= 0.6 is 11.6 Å². The number of halogens is 3. The molecule has 3 aromatic rings. The fraction of sp³-hybridized carbons (Fsp3) is 0.321. The molecule has 0 radical (unpaired) electrons. The van der Waals surface area contributed by atoms with Crippen molar-refractivity contribution >= 4 is 17.9 Å². The van der Waals surface area contributed by atoms with Gasteiger partial charge in [-0.2, -0.15) is 0 Å². The third-order valence-corrected chi connectivity index (χ3v) is 5.87. The highest BCUT2D eigenvalue weighted by Crippen LogP contribution is 2.50. The van der Waals surface area contributed by atoms with Gasteiger partial charge >= 0.3 is 0 Å². The lowest BCUT2D eigenvalue weighted by atomic mass is 9.87. The maximum absolute atomic E-state index is 15.5. The first-order valence-corrected chi connectivity index (χ1v) is 12.0. The Balaban J connectivity index is 0.000000850. The SMILES string of the molecule is CCCOc1ccc(C=O)c(-c2c(Cl)c(F)cc3c2C[C@@](C)(c2ccccc2)O3)c1F.CN.CNC. The second-order valence-corrected chi connectivity index (χ2v) is 8.59. The van der Waals surface area contributed by atoms with Crippen LogP contribution in [0.25, 0.3) is 11.1 Å².